The number of ether oxygens (including phenoxy) is 5. The highest BCUT2D eigenvalue weighted by atomic mass is 16.7. The van der Waals surface area contributed by atoms with E-state index in [0.29, 0.717) is 24.7 Å². The summed E-state index contributed by atoms with van der Waals surface area (Å²) in [6.45, 7) is 22.1. The van der Waals surface area contributed by atoms with Gasteiger partial charge in [0.2, 0.25) is 16.8 Å². The van der Waals surface area contributed by atoms with Crippen molar-refractivity contribution >= 4 is 92.4 Å². The summed E-state index contributed by atoms with van der Waals surface area (Å²) in [6.07, 6.45) is 3.80. The SMILES string of the molecule is CC(=O)O[C@H]1[C@H](C)[C@H](O)[C@H](C)[C@@H](OC(=O)CCCOC(=O)CCC(=O)NC(C=O)C=O)[C@@H](C)/C=C/C=C(/C)C(=O)Nc2c(=O)c3c(O)c(C)c4c(c3c3nc5c(=O)cc(N6CCN(CC(C)C)CC6)cc5oc23)=C(O)[C@@](C)(O/C=C/[C@H](C)[C@H]1C)O4. The first kappa shape index (κ1) is 64.4. The second-order valence-electron chi connectivity index (χ2n) is 23.0. The molecule has 4 aliphatic heterocycles. The maximum Gasteiger partial charge on any atom is 0.307 e. The first-order valence-corrected chi connectivity index (χ1v) is 28.6. The van der Waals surface area contributed by atoms with E-state index in [1.165, 1.54) is 52.2 Å². The molecule has 0 radical (unpaired) electrons. The molecule has 0 saturated carbocycles. The van der Waals surface area contributed by atoms with E-state index in [-0.39, 0.29) is 99.9 Å². The summed E-state index contributed by atoms with van der Waals surface area (Å²) < 4.78 is 36.3. The van der Waals surface area contributed by atoms with E-state index in [2.05, 4.69) is 34.3 Å². The van der Waals surface area contributed by atoms with Gasteiger partial charge >= 0.3 is 23.7 Å². The van der Waals surface area contributed by atoms with Crippen LogP contribution in [-0.4, -0.2) is 137 Å². The molecule has 85 heavy (non-hydrogen) atoms. The van der Waals surface area contributed by atoms with Crippen molar-refractivity contribution in [1.82, 2.24) is 15.2 Å². The normalized spacial score (nSPS) is 25.7. The number of fused-ring (bicyclic) bond motifs is 14. The number of aliphatic hydroxyl groups is 2. The fourth-order valence-electron chi connectivity index (χ4n) is 11.1. The fraction of sp³-hybridized carbons (Fsp3) is 0.516. The third-order valence-corrected chi connectivity index (χ3v) is 16.1. The third kappa shape index (κ3) is 14.3. The number of aromatic hydroxyl groups is 1. The van der Waals surface area contributed by atoms with Gasteiger partial charge in [-0.25, -0.2) is 4.98 Å². The predicted octanol–water partition coefficient (Wildman–Crippen LogP) is 5.50. The van der Waals surface area contributed by atoms with Crippen LogP contribution in [0.5, 0.6) is 11.5 Å². The number of aliphatic hydroxyl groups excluding tert-OH is 2. The van der Waals surface area contributed by atoms with Gasteiger partial charge in [-0.15, -0.1) is 0 Å². The topological polar surface area (TPSA) is 317 Å². The molecule has 1 saturated heterocycles. The van der Waals surface area contributed by atoms with Gasteiger partial charge < -0.3 is 68.5 Å². The molecule has 0 aliphatic carbocycles. The van der Waals surface area contributed by atoms with Crippen LogP contribution >= 0.6 is 0 Å². The van der Waals surface area contributed by atoms with Gasteiger partial charge in [-0.3, -0.25) is 38.5 Å². The van der Waals surface area contributed by atoms with Gasteiger partial charge in [-0.2, -0.15) is 0 Å². The van der Waals surface area contributed by atoms with Crippen LogP contribution in [0.2, 0.25) is 0 Å². The lowest BCUT2D eigenvalue weighted by Crippen LogP contribution is -2.47. The quantitative estimate of drug-likeness (QED) is 0.0187. The second-order valence-corrected chi connectivity index (χ2v) is 23.0. The molecule has 23 heteroatoms. The van der Waals surface area contributed by atoms with Crippen LogP contribution in [0.4, 0.5) is 11.4 Å². The molecule has 2 amide bonds. The van der Waals surface area contributed by atoms with Crippen molar-refractivity contribution in [3.63, 3.8) is 0 Å². The number of aromatic nitrogens is 1. The van der Waals surface area contributed by atoms with E-state index in [0.717, 1.165) is 19.6 Å². The van der Waals surface area contributed by atoms with E-state index >= 15 is 4.79 Å². The van der Waals surface area contributed by atoms with Crippen LogP contribution in [0.3, 0.4) is 0 Å². The predicted molar refractivity (Wildman–Crippen MR) is 314 cm³/mol. The van der Waals surface area contributed by atoms with Gasteiger partial charge in [0, 0.05) is 112 Å². The Morgan fingerprint density at radius 1 is 0.871 bits per heavy atom. The first-order chi connectivity index (χ1) is 40.2. The number of allylic oxidation sites excluding steroid dienone is 3. The van der Waals surface area contributed by atoms with Crippen LogP contribution in [0, 0.1) is 42.4 Å². The number of carbonyl (C=O) groups is 7. The molecule has 3 aromatic carbocycles. The largest absolute Gasteiger partial charge is 0.507 e. The number of anilines is 2. The van der Waals surface area contributed by atoms with Gasteiger partial charge in [0.05, 0.1) is 36.0 Å². The van der Waals surface area contributed by atoms with Crippen LogP contribution in [0.15, 0.2) is 62.3 Å². The molecule has 0 unspecified atom stereocenters. The van der Waals surface area contributed by atoms with Crippen LogP contribution in [-0.2, 0) is 52.5 Å². The Morgan fingerprint density at radius 3 is 2.21 bits per heavy atom. The van der Waals surface area contributed by atoms with Crippen molar-refractivity contribution in [2.45, 2.75) is 132 Å². The number of nitrogens with zero attached hydrogens (tertiary/aromatic N) is 3. The maximum absolute atomic E-state index is 15.1. The highest BCUT2D eigenvalue weighted by molar-refractivity contribution is 6.17. The number of rotatable bonds is 15. The summed E-state index contributed by atoms with van der Waals surface area (Å²) in [5.41, 5.74) is -1.81. The smallest absolute Gasteiger partial charge is 0.307 e. The second kappa shape index (κ2) is 27.2. The number of phenols is 1. The molecular formula is C62H77N5O18. The zero-order valence-corrected chi connectivity index (χ0v) is 49.8. The molecule has 458 valence electrons. The van der Waals surface area contributed by atoms with Gasteiger partial charge in [-0.1, -0.05) is 66.7 Å². The van der Waals surface area contributed by atoms with Crippen LogP contribution in [0.25, 0.3) is 38.7 Å². The molecule has 5 heterocycles. The number of phenolic OH excluding ortho intramolecular Hbond substituents is 1. The number of benzene rings is 3. The minimum absolute atomic E-state index is 0.00350. The maximum atomic E-state index is 15.1. The van der Waals surface area contributed by atoms with E-state index < -0.39 is 118 Å². The minimum atomic E-state index is -2.01. The summed E-state index contributed by atoms with van der Waals surface area (Å²) in [4.78, 5) is 125. The summed E-state index contributed by atoms with van der Waals surface area (Å²) in [5.74, 6) is -9.64. The van der Waals surface area contributed by atoms with E-state index in [9.17, 15) is 53.7 Å². The average Bonchev–Trinajstić information content (AvgIpc) is 1.70. The number of carbonyl (C=O) groups excluding carboxylic acids is 7. The highest BCUT2D eigenvalue weighted by Gasteiger charge is 2.44. The lowest BCUT2D eigenvalue weighted by Gasteiger charge is -2.38. The van der Waals surface area contributed by atoms with E-state index in [1.54, 1.807) is 39.0 Å². The standard InChI is InChI=1S/C62H77N5O18/c1-31(2)28-66-20-22-67(23-21-66)41-26-42(71)50-43(27-41)83-59-51(64-50)47-48-54(76)38(9)58-49(47)60(78)62(11,85-58)81-25-19-32(3)35(6)57(82-39(10)70)37(8)53(75)36(7)56(33(4)14-12-15-34(5)61(79)65-52(59)55(48)77)84-46(74)16-13-24-80-45(73)18-17-44(72)63-40(29-68)30-69/h12,14-15,19,25-27,29-33,35-37,40,53,56-57,75-76,78H,13,16-18,20-24,28H2,1-11H3,(H,63,72)(H,65,79)/b14-12+,25-19+,34-15-/t32-,33-,35+,36-,37+,53+,56-,57+,62-/m0/s1. The monoisotopic (exact) mass is 1180 g/mol. The van der Waals surface area contributed by atoms with Crippen LogP contribution in [0.1, 0.15) is 100 Å². The number of hydrogen-bond donors (Lipinski definition) is 5. The Bertz CT molecular complexity index is 3520. The zero-order valence-electron chi connectivity index (χ0n) is 49.8. The van der Waals surface area contributed by atoms with Crippen LogP contribution < -0.4 is 36.3 Å². The molecule has 1 fully saturated rings. The Labute approximate surface area is 491 Å². The van der Waals surface area contributed by atoms with Crippen molar-refractivity contribution in [3.05, 3.63) is 79.5 Å². The number of nitrogens with one attached hydrogen (secondary N) is 2. The summed E-state index contributed by atoms with van der Waals surface area (Å²) >= 11 is 0. The number of hydrogen-bond acceptors (Lipinski definition) is 21. The summed E-state index contributed by atoms with van der Waals surface area (Å²) in [5, 5.41) is 40.7. The Kier molecular flexibility index (Phi) is 20.6. The van der Waals surface area contributed by atoms with E-state index in [1.807, 2.05) is 13.8 Å². The fourth-order valence-corrected chi connectivity index (χ4v) is 11.1. The minimum Gasteiger partial charge on any atom is -0.507 e. The number of aldehydes is 2. The molecule has 4 aliphatic rings. The summed E-state index contributed by atoms with van der Waals surface area (Å²) in [7, 11) is 0. The Hall–Kier alpha value is -8.18. The van der Waals surface area contributed by atoms with Crippen molar-refractivity contribution in [2.75, 3.05) is 49.5 Å². The molecule has 5 N–H and O–H groups in total. The van der Waals surface area contributed by atoms with Crippen molar-refractivity contribution in [3.8, 4) is 11.5 Å². The third-order valence-electron chi connectivity index (χ3n) is 16.1. The molecule has 9 atom stereocenters. The average molecular weight is 1180 g/mol. The number of esters is 3. The number of amides is 2. The Morgan fingerprint density at radius 2 is 1.55 bits per heavy atom. The molecule has 0 spiro atoms. The molecule has 23 nitrogen and oxygen atoms in total. The zero-order chi connectivity index (χ0) is 62.4. The van der Waals surface area contributed by atoms with Crippen molar-refractivity contribution < 1.29 is 77.0 Å². The molecular weight excluding hydrogens is 1100 g/mol. The van der Waals surface area contributed by atoms with Gasteiger partial charge in [0.1, 0.15) is 53.5 Å². The Balaban J connectivity index is 1.29. The lowest BCUT2D eigenvalue weighted by atomic mass is 9.77. The van der Waals surface area contributed by atoms with Gasteiger partial charge in [-0.05, 0) is 44.1 Å². The van der Waals surface area contributed by atoms with Gasteiger partial charge in [0.15, 0.2) is 22.4 Å². The van der Waals surface area contributed by atoms with Gasteiger partial charge in [0.25, 0.3) is 5.91 Å². The molecule has 8 rings (SSSR count). The van der Waals surface area contributed by atoms with Crippen molar-refractivity contribution in [1.29, 1.82) is 0 Å². The first-order valence-electron chi connectivity index (χ1n) is 28.6. The summed E-state index contributed by atoms with van der Waals surface area (Å²) in [6, 6.07) is 1.77. The number of piperazine rings is 1. The molecule has 4 aromatic rings. The lowest BCUT2D eigenvalue weighted by molar-refractivity contribution is -0.164. The van der Waals surface area contributed by atoms with E-state index in [4.69, 9.17) is 33.1 Å². The van der Waals surface area contributed by atoms with Crippen molar-refractivity contribution in [2.24, 2.45) is 35.5 Å². The molecule has 1 aromatic heterocycles. The highest BCUT2D eigenvalue weighted by Crippen LogP contribution is 2.43. The molecule has 5 bridgehead atoms.